The van der Waals surface area contributed by atoms with Crippen molar-refractivity contribution in [3.63, 3.8) is 0 Å². The van der Waals surface area contributed by atoms with Gasteiger partial charge in [-0.2, -0.15) is 0 Å². The number of carbonyl (C=O) groups is 2. The van der Waals surface area contributed by atoms with Crippen LogP contribution in [-0.4, -0.2) is 64.9 Å². The molecule has 2 atom stereocenters. The second-order valence-corrected chi connectivity index (χ2v) is 14.7. The third kappa shape index (κ3) is 5.14. The Kier molecular flexibility index (Phi) is 7.59. The molecule has 46 heavy (non-hydrogen) atoms. The van der Waals surface area contributed by atoms with E-state index in [0.29, 0.717) is 6.54 Å². The third-order valence-electron chi connectivity index (χ3n) is 10.9. The molecule has 7 rings (SSSR count). The summed E-state index contributed by atoms with van der Waals surface area (Å²) in [7, 11) is 0.962. The molecule has 2 aliphatic carbocycles. The Bertz CT molecular complexity index is 1650. The van der Waals surface area contributed by atoms with Gasteiger partial charge in [0.1, 0.15) is 11.9 Å². The lowest BCUT2D eigenvalue weighted by atomic mass is 9.69. The van der Waals surface area contributed by atoms with Gasteiger partial charge in [0.2, 0.25) is 5.91 Å². The number of amides is 2. The number of likely N-dealkylation sites (tertiary alicyclic amines) is 1. The molecule has 0 unspecified atom stereocenters. The van der Waals surface area contributed by atoms with Crippen molar-refractivity contribution in [3.8, 4) is 22.4 Å². The number of alkyl carbamates (subject to hydrolysis) is 1. The molecule has 0 saturated carbocycles. The average Bonchev–Trinajstić information content (AvgIpc) is 3.75. The zero-order valence-electron chi connectivity index (χ0n) is 28.1. The Morgan fingerprint density at radius 1 is 0.978 bits per heavy atom. The number of methoxy groups -OCH3 is 1. The maximum Gasteiger partial charge on any atom is 0.494 e. The molecule has 2 aliphatic heterocycles. The summed E-state index contributed by atoms with van der Waals surface area (Å²) in [5.41, 5.74) is 10.8. The van der Waals surface area contributed by atoms with Crippen molar-refractivity contribution in [2.45, 2.75) is 103 Å². The van der Waals surface area contributed by atoms with Crippen LogP contribution in [0.4, 0.5) is 4.79 Å². The van der Waals surface area contributed by atoms with Crippen LogP contribution < -0.4 is 10.8 Å². The molecule has 0 spiro atoms. The summed E-state index contributed by atoms with van der Waals surface area (Å²) in [5.74, 6) is 0.610. The van der Waals surface area contributed by atoms with Crippen molar-refractivity contribution in [1.29, 1.82) is 0 Å². The number of H-pyrrole nitrogens is 1. The fraction of sp³-hybridized carbons (Fsp3) is 0.528. The number of aryl methyl sites for hydroxylation is 4. The number of aromatic amines is 1. The minimum atomic E-state index is -0.656. The predicted molar refractivity (Wildman–Crippen MR) is 178 cm³/mol. The molecule has 242 valence electrons. The lowest BCUT2D eigenvalue weighted by molar-refractivity contribution is -0.135. The van der Waals surface area contributed by atoms with Crippen LogP contribution in [-0.2, 0) is 44.5 Å². The van der Waals surface area contributed by atoms with Crippen molar-refractivity contribution < 1.29 is 23.6 Å². The smallest absolute Gasteiger partial charge is 0.453 e. The highest BCUT2D eigenvalue weighted by Gasteiger charge is 2.52. The van der Waals surface area contributed by atoms with Crippen LogP contribution in [0, 0.1) is 5.92 Å². The van der Waals surface area contributed by atoms with E-state index in [1.807, 2.05) is 24.9 Å². The van der Waals surface area contributed by atoms with Gasteiger partial charge in [0, 0.05) is 12.1 Å². The number of benzene rings is 2. The molecule has 2 aromatic carbocycles. The van der Waals surface area contributed by atoms with Gasteiger partial charge in [-0.15, -0.1) is 0 Å². The molecular formula is C36H45BN4O5. The summed E-state index contributed by atoms with van der Waals surface area (Å²) in [6, 6.07) is 8.45. The fourth-order valence-corrected chi connectivity index (χ4v) is 7.65. The molecule has 2 saturated heterocycles. The quantitative estimate of drug-likeness (QED) is 0.362. The number of carbonyl (C=O) groups excluding carboxylic acids is 2. The maximum absolute atomic E-state index is 13.6. The molecule has 2 fully saturated rings. The van der Waals surface area contributed by atoms with E-state index >= 15 is 0 Å². The Balaban J connectivity index is 1.15. The minimum absolute atomic E-state index is 0.0756. The summed E-state index contributed by atoms with van der Waals surface area (Å²) in [4.78, 5) is 35.8. The molecule has 1 aromatic heterocycles. The molecule has 0 radical (unpaired) electrons. The van der Waals surface area contributed by atoms with E-state index in [2.05, 4.69) is 62.3 Å². The van der Waals surface area contributed by atoms with Gasteiger partial charge in [0.05, 0.1) is 36.2 Å². The number of rotatable bonds is 6. The molecule has 9 nitrogen and oxygen atoms in total. The predicted octanol–water partition coefficient (Wildman–Crippen LogP) is 5.28. The van der Waals surface area contributed by atoms with Gasteiger partial charge >= 0.3 is 13.2 Å². The van der Waals surface area contributed by atoms with Crippen LogP contribution in [0.25, 0.3) is 22.4 Å². The van der Waals surface area contributed by atoms with Gasteiger partial charge in [0.25, 0.3) is 0 Å². The van der Waals surface area contributed by atoms with Crippen molar-refractivity contribution in [3.05, 3.63) is 58.5 Å². The molecule has 0 bridgehead atoms. The van der Waals surface area contributed by atoms with Crippen LogP contribution in [0.1, 0.15) is 88.5 Å². The van der Waals surface area contributed by atoms with Crippen LogP contribution in [0.15, 0.2) is 30.5 Å². The summed E-state index contributed by atoms with van der Waals surface area (Å²) in [5, 5.41) is 2.73. The van der Waals surface area contributed by atoms with Gasteiger partial charge in [-0.1, -0.05) is 26.0 Å². The second-order valence-electron chi connectivity index (χ2n) is 14.7. The Hall–Kier alpha value is -3.63. The number of nitrogens with zero attached hydrogens (tertiary/aromatic N) is 2. The Morgan fingerprint density at radius 3 is 2.09 bits per heavy atom. The highest BCUT2D eigenvalue weighted by Crippen LogP contribution is 2.45. The van der Waals surface area contributed by atoms with Crippen molar-refractivity contribution in [2.75, 3.05) is 13.7 Å². The molecular weight excluding hydrogens is 579 g/mol. The van der Waals surface area contributed by atoms with Crippen LogP contribution in [0.2, 0.25) is 0 Å². The number of hydrogen-bond acceptors (Lipinski definition) is 6. The minimum Gasteiger partial charge on any atom is -0.453 e. The SMILES string of the molecule is COC(=O)N[C@H](C(=O)N1CCC[C@H]1c1ncc(-c2cc3c4c(c2)CCc2cc(B5OC(C)(C)C(C)(C)O5)cc(c2-4)CC3)[nH]1)C(C)C. The van der Waals surface area contributed by atoms with E-state index in [1.54, 1.807) is 0 Å². The van der Waals surface area contributed by atoms with Gasteiger partial charge in [-0.05, 0) is 123 Å². The number of ether oxygens (including phenoxy) is 1. The highest BCUT2D eigenvalue weighted by molar-refractivity contribution is 6.62. The Morgan fingerprint density at radius 2 is 1.54 bits per heavy atom. The van der Waals surface area contributed by atoms with Crippen LogP contribution in [0.5, 0.6) is 0 Å². The van der Waals surface area contributed by atoms with Gasteiger partial charge in [-0.3, -0.25) is 4.79 Å². The lowest BCUT2D eigenvalue weighted by Gasteiger charge is -2.32. The first kappa shape index (κ1) is 31.0. The standard InChI is InChI=1S/C36H45BN4O5/c1-20(2)31(40-34(43)44-7)33(42)41-14-8-9-28(41)32-38-19-27(39-32)25-15-21-10-12-23-17-26(37-45-35(3,4)36(5,6)46-37)18-24-13-11-22(16-25)29(21)30(23)24/h15-20,28,31H,8-14H2,1-7H3,(H,38,39)(H,40,43)/t28-,31-/m0/s1. The zero-order chi connectivity index (χ0) is 32.5. The largest absolute Gasteiger partial charge is 0.494 e. The first-order valence-corrected chi connectivity index (χ1v) is 16.7. The fourth-order valence-electron chi connectivity index (χ4n) is 7.65. The van der Waals surface area contributed by atoms with Crippen LogP contribution in [0.3, 0.4) is 0 Å². The molecule has 3 aromatic rings. The van der Waals surface area contributed by atoms with Crippen LogP contribution >= 0.6 is 0 Å². The van der Waals surface area contributed by atoms with E-state index in [1.165, 1.54) is 40.5 Å². The van der Waals surface area contributed by atoms with E-state index < -0.39 is 12.1 Å². The summed E-state index contributed by atoms with van der Waals surface area (Å²) in [6.45, 7) is 12.9. The molecule has 10 heteroatoms. The summed E-state index contributed by atoms with van der Waals surface area (Å²) in [6.07, 6.45) is 6.93. The number of imidazole rings is 1. The monoisotopic (exact) mass is 624 g/mol. The lowest BCUT2D eigenvalue weighted by Crippen LogP contribution is -2.51. The Labute approximate surface area is 271 Å². The number of nitrogens with one attached hydrogen (secondary N) is 2. The van der Waals surface area contributed by atoms with Gasteiger partial charge < -0.3 is 29.2 Å². The first-order valence-electron chi connectivity index (χ1n) is 16.7. The topological polar surface area (TPSA) is 106 Å². The number of aromatic nitrogens is 2. The molecule has 2 N–H and O–H groups in total. The average molecular weight is 625 g/mol. The zero-order valence-corrected chi connectivity index (χ0v) is 28.1. The summed E-state index contributed by atoms with van der Waals surface area (Å²) < 4.78 is 17.6. The van der Waals surface area contributed by atoms with Gasteiger partial charge in [0.15, 0.2) is 0 Å². The van der Waals surface area contributed by atoms with Crippen molar-refractivity contribution in [1.82, 2.24) is 20.2 Å². The van der Waals surface area contributed by atoms with E-state index in [9.17, 15) is 9.59 Å². The van der Waals surface area contributed by atoms with Crippen molar-refractivity contribution >= 4 is 24.6 Å². The highest BCUT2D eigenvalue weighted by atomic mass is 16.7. The normalized spacial score (nSPS) is 21.3. The first-order chi connectivity index (χ1) is 21.9. The van der Waals surface area contributed by atoms with E-state index in [0.717, 1.165) is 61.1 Å². The molecule has 2 amide bonds. The van der Waals surface area contributed by atoms with Gasteiger partial charge in [-0.25, -0.2) is 9.78 Å². The van der Waals surface area contributed by atoms with Crippen molar-refractivity contribution in [2.24, 2.45) is 5.92 Å². The summed E-state index contributed by atoms with van der Waals surface area (Å²) >= 11 is 0. The van der Waals surface area contributed by atoms with E-state index in [4.69, 9.17) is 19.0 Å². The van der Waals surface area contributed by atoms with E-state index in [-0.39, 0.29) is 36.2 Å². The second kappa shape index (κ2) is 11.3. The molecule has 3 heterocycles. The number of hydrogen-bond donors (Lipinski definition) is 2. The maximum atomic E-state index is 13.6. The third-order valence-corrected chi connectivity index (χ3v) is 10.9. The molecule has 4 aliphatic rings.